The smallest absolute Gasteiger partial charge is 0.330 e. The van der Waals surface area contributed by atoms with Crippen LogP contribution in [0.1, 0.15) is 11.3 Å². The van der Waals surface area contributed by atoms with Gasteiger partial charge in [0.05, 0.1) is 5.69 Å². The second kappa shape index (κ2) is 3.37. The van der Waals surface area contributed by atoms with E-state index in [1.807, 2.05) is 0 Å². The van der Waals surface area contributed by atoms with Crippen molar-refractivity contribution in [1.29, 1.82) is 0 Å². The molecular weight excluding hydrogens is 183 g/mol. The Morgan fingerprint density at radius 1 is 1.54 bits per heavy atom. The zero-order valence-electron chi connectivity index (χ0n) is 7.10. The van der Waals surface area contributed by atoms with Crippen molar-refractivity contribution in [3.63, 3.8) is 0 Å². The molecule has 1 aromatic rings. The number of alkyl halides is 3. The first-order chi connectivity index (χ1) is 5.95. The lowest BCUT2D eigenvalue weighted by atomic mass is 10.2. The lowest BCUT2D eigenvalue weighted by Crippen LogP contribution is -2.17. The van der Waals surface area contributed by atoms with Gasteiger partial charge in [0.2, 0.25) is 0 Å². The lowest BCUT2D eigenvalue weighted by molar-refractivity contribution is -0.212. The van der Waals surface area contributed by atoms with Crippen LogP contribution < -0.4 is 5.73 Å². The van der Waals surface area contributed by atoms with Gasteiger partial charge in [-0.2, -0.15) is 9.78 Å². The van der Waals surface area contributed by atoms with Gasteiger partial charge in [0, 0.05) is 6.20 Å². The zero-order valence-corrected chi connectivity index (χ0v) is 7.10. The van der Waals surface area contributed by atoms with E-state index in [1.54, 1.807) is 0 Å². The number of nitrogens with zero attached hydrogens (tertiary/aromatic N) is 2. The quantitative estimate of drug-likeness (QED) is 0.766. The minimum atomic E-state index is -4.43. The van der Waals surface area contributed by atoms with E-state index in [0.717, 1.165) is 6.20 Å². The minimum Gasteiger partial charge on any atom is -0.330 e. The van der Waals surface area contributed by atoms with E-state index in [9.17, 15) is 13.2 Å². The summed E-state index contributed by atoms with van der Waals surface area (Å²) in [6, 6.07) is 0. The van der Waals surface area contributed by atoms with Crippen LogP contribution >= 0.6 is 0 Å². The molecule has 1 aromatic heterocycles. The highest BCUT2D eigenvalue weighted by atomic mass is 19.4. The Morgan fingerprint density at radius 3 is 2.54 bits per heavy atom. The molecule has 0 aliphatic rings. The summed E-state index contributed by atoms with van der Waals surface area (Å²) in [5.74, 6) is 0. The summed E-state index contributed by atoms with van der Waals surface area (Å²) < 4.78 is 36.3. The maximum absolute atomic E-state index is 12.1. The molecule has 13 heavy (non-hydrogen) atoms. The largest absolute Gasteiger partial charge is 0.504 e. The SMILES string of the molecule is Cc1nn(C(F)(F)F)cc1CCN. The summed E-state index contributed by atoms with van der Waals surface area (Å²) in [6.45, 7) is 1.86. The lowest BCUT2D eigenvalue weighted by Gasteiger charge is -2.03. The molecule has 0 aromatic carbocycles. The monoisotopic (exact) mass is 193 g/mol. The molecule has 3 nitrogen and oxygen atoms in total. The maximum atomic E-state index is 12.1. The van der Waals surface area contributed by atoms with Gasteiger partial charge >= 0.3 is 6.30 Å². The Hall–Kier alpha value is -1.04. The second-order valence-corrected chi connectivity index (χ2v) is 2.69. The zero-order chi connectivity index (χ0) is 10.1. The molecule has 0 saturated heterocycles. The molecular formula is C7H10F3N3. The van der Waals surface area contributed by atoms with Crippen molar-refractivity contribution < 1.29 is 13.2 Å². The third-order valence-corrected chi connectivity index (χ3v) is 1.67. The Balaban J connectivity index is 2.95. The fourth-order valence-electron chi connectivity index (χ4n) is 1.03. The van der Waals surface area contributed by atoms with E-state index in [4.69, 9.17) is 5.73 Å². The fraction of sp³-hybridized carbons (Fsp3) is 0.571. The highest BCUT2D eigenvalue weighted by Gasteiger charge is 2.32. The van der Waals surface area contributed by atoms with Gasteiger partial charge in [-0.25, -0.2) is 0 Å². The molecule has 0 bridgehead atoms. The summed E-state index contributed by atoms with van der Waals surface area (Å²) in [5, 5.41) is 3.34. The first kappa shape index (κ1) is 10.0. The Kier molecular flexibility index (Phi) is 2.60. The van der Waals surface area contributed by atoms with E-state index in [2.05, 4.69) is 5.10 Å². The molecule has 0 saturated carbocycles. The van der Waals surface area contributed by atoms with Crippen molar-refractivity contribution in [2.75, 3.05) is 6.54 Å². The summed E-state index contributed by atoms with van der Waals surface area (Å²) in [4.78, 5) is 0. The fourth-order valence-corrected chi connectivity index (χ4v) is 1.03. The number of rotatable bonds is 2. The number of halogens is 3. The standard InChI is InChI=1S/C7H10F3N3/c1-5-6(2-3-11)4-13(12-5)7(8,9)10/h4H,2-3,11H2,1H3. The van der Waals surface area contributed by atoms with Gasteiger partial charge in [-0.3, -0.25) is 0 Å². The third-order valence-electron chi connectivity index (χ3n) is 1.67. The molecule has 0 aliphatic carbocycles. The molecule has 0 unspecified atom stereocenters. The molecule has 1 heterocycles. The van der Waals surface area contributed by atoms with Crippen molar-refractivity contribution >= 4 is 0 Å². The van der Waals surface area contributed by atoms with Crippen LogP contribution in [0.15, 0.2) is 6.20 Å². The third kappa shape index (κ3) is 2.21. The van der Waals surface area contributed by atoms with E-state index < -0.39 is 6.30 Å². The van der Waals surface area contributed by atoms with Crippen LogP contribution in [0.2, 0.25) is 0 Å². The summed E-state index contributed by atoms with van der Waals surface area (Å²) in [6.07, 6.45) is -3.04. The van der Waals surface area contributed by atoms with Crippen LogP contribution in [-0.2, 0) is 12.7 Å². The topological polar surface area (TPSA) is 43.8 Å². The van der Waals surface area contributed by atoms with Gasteiger partial charge < -0.3 is 5.73 Å². The molecule has 0 aliphatic heterocycles. The average Bonchev–Trinajstić information content (AvgIpc) is 2.32. The maximum Gasteiger partial charge on any atom is 0.504 e. The molecule has 6 heteroatoms. The average molecular weight is 193 g/mol. The summed E-state index contributed by atoms with van der Waals surface area (Å²) in [7, 11) is 0. The van der Waals surface area contributed by atoms with E-state index in [0.29, 0.717) is 24.2 Å². The predicted molar refractivity (Wildman–Crippen MR) is 41.0 cm³/mol. The van der Waals surface area contributed by atoms with Crippen molar-refractivity contribution in [2.45, 2.75) is 19.6 Å². The molecule has 0 spiro atoms. The highest BCUT2D eigenvalue weighted by Crippen LogP contribution is 2.22. The second-order valence-electron chi connectivity index (χ2n) is 2.69. The van der Waals surface area contributed by atoms with Crippen LogP contribution in [0.5, 0.6) is 0 Å². The molecule has 1 rings (SSSR count). The van der Waals surface area contributed by atoms with Crippen molar-refractivity contribution in [1.82, 2.24) is 9.78 Å². The van der Waals surface area contributed by atoms with Crippen LogP contribution in [0.25, 0.3) is 0 Å². The molecule has 2 N–H and O–H groups in total. The van der Waals surface area contributed by atoms with Gasteiger partial charge in [0.1, 0.15) is 0 Å². The first-order valence-corrected chi connectivity index (χ1v) is 3.77. The van der Waals surface area contributed by atoms with E-state index in [1.165, 1.54) is 6.92 Å². The summed E-state index contributed by atoms with van der Waals surface area (Å²) >= 11 is 0. The number of nitrogens with two attached hydrogens (primary N) is 1. The van der Waals surface area contributed by atoms with Crippen molar-refractivity contribution in [3.05, 3.63) is 17.5 Å². The highest BCUT2D eigenvalue weighted by molar-refractivity contribution is 5.15. The van der Waals surface area contributed by atoms with Crippen LogP contribution in [0, 0.1) is 6.92 Å². The number of aryl methyl sites for hydroxylation is 1. The van der Waals surface area contributed by atoms with Crippen LogP contribution in [0.4, 0.5) is 13.2 Å². The minimum absolute atomic E-state index is 0.00727. The molecule has 0 atom stereocenters. The molecule has 0 radical (unpaired) electrons. The molecule has 0 amide bonds. The summed E-state index contributed by atoms with van der Waals surface area (Å²) in [5.41, 5.74) is 6.15. The van der Waals surface area contributed by atoms with Crippen LogP contribution in [0.3, 0.4) is 0 Å². The van der Waals surface area contributed by atoms with Gasteiger partial charge in [0.25, 0.3) is 0 Å². The predicted octanol–water partition coefficient (Wildman–Crippen LogP) is 1.17. The molecule has 0 fully saturated rings. The number of hydrogen-bond donors (Lipinski definition) is 1. The van der Waals surface area contributed by atoms with E-state index in [-0.39, 0.29) is 4.68 Å². The van der Waals surface area contributed by atoms with Gasteiger partial charge in [0.15, 0.2) is 0 Å². The van der Waals surface area contributed by atoms with Crippen molar-refractivity contribution in [2.24, 2.45) is 5.73 Å². The van der Waals surface area contributed by atoms with E-state index >= 15 is 0 Å². The van der Waals surface area contributed by atoms with Crippen LogP contribution in [-0.4, -0.2) is 16.3 Å². The van der Waals surface area contributed by atoms with Gasteiger partial charge in [-0.1, -0.05) is 0 Å². The molecule has 74 valence electrons. The first-order valence-electron chi connectivity index (χ1n) is 3.77. The normalized spacial score (nSPS) is 12.1. The Labute approximate surface area is 73.3 Å². The van der Waals surface area contributed by atoms with Gasteiger partial charge in [-0.15, -0.1) is 13.2 Å². The number of hydrogen-bond acceptors (Lipinski definition) is 2. The Morgan fingerprint density at radius 2 is 2.15 bits per heavy atom. The number of aromatic nitrogens is 2. The Bertz CT molecular complexity index is 290. The van der Waals surface area contributed by atoms with Gasteiger partial charge in [-0.05, 0) is 25.5 Å². The van der Waals surface area contributed by atoms with Crippen molar-refractivity contribution in [3.8, 4) is 0 Å².